The van der Waals surface area contributed by atoms with Crippen LogP contribution in [0.2, 0.25) is 0 Å². The summed E-state index contributed by atoms with van der Waals surface area (Å²) in [5.74, 6) is -1.39. The molecule has 0 spiro atoms. The van der Waals surface area contributed by atoms with Crippen LogP contribution in [0, 0.1) is 0 Å². The molecular weight excluding hydrogens is 296 g/mol. The Hall–Kier alpha value is -2.01. The highest BCUT2D eigenvalue weighted by atomic mass is 16.6. The minimum absolute atomic E-state index is 0.143. The fourth-order valence-electron chi connectivity index (χ4n) is 1.77. The van der Waals surface area contributed by atoms with Gasteiger partial charge in [0, 0.05) is 0 Å². The SMILES string of the molecule is CCC(C)(C)OC(=O)CC(=O)CC(=O)COCc1ccccc1. The summed E-state index contributed by atoms with van der Waals surface area (Å²) in [4.78, 5) is 35.0. The highest BCUT2D eigenvalue weighted by molar-refractivity contribution is 6.05. The Bertz CT molecular complexity index is 534. The summed E-state index contributed by atoms with van der Waals surface area (Å²) >= 11 is 0. The zero-order chi connectivity index (χ0) is 17.3. The van der Waals surface area contributed by atoms with Crippen LogP contribution in [0.15, 0.2) is 30.3 Å². The fraction of sp³-hybridized carbons (Fsp3) is 0.500. The highest BCUT2D eigenvalue weighted by Crippen LogP contribution is 2.14. The number of rotatable bonds is 10. The van der Waals surface area contributed by atoms with Gasteiger partial charge in [-0.25, -0.2) is 0 Å². The standard InChI is InChI=1S/C18H24O5/c1-4-18(2,3)23-17(21)11-15(19)10-16(20)13-22-12-14-8-6-5-7-9-14/h5-9H,4,10-13H2,1-3H3. The molecular formula is C18H24O5. The first kappa shape index (κ1) is 19.0. The molecule has 23 heavy (non-hydrogen) atoms. The third kappa shape index (κ3) is 8.26. The molecule has 0 radical (unpaired) electrons. The normalized spacial score (nSPS) is 11.1. The lowest BCUT2D eigenvalue weighted by Gasteiger charge is -2.22. The second-order valence-corrected chi connectivity index (χ2v) is 6.00. The maximum absolute atomic E-state index is 11.7. The average molecular weight is 320 g/mol. The van der Waals surface area contributed by atoms with Gasteiger partial charge in [-0.15, -0.1) is 0 Å². The first-order valence-corrected chi connectivity index (χ1v) is 7.69. The molecule has 0 atom stereocenters. The molecule has 0 aliphatic carbocycles. The molecule has 0 saturated carbocycles. The van der Waals surface area contributed by atoms with Crippen molar-refractivity contribution in [3.8, 4) is 0 Å². The summed E-state index contributed by atoms with van der Waals surface area (Å²) in [5, 5.41) is 0. The van der Waals surface area contributed by atoms with Gasteiger partial charge in [-0.05, 0) is 25.8 Å². The van der Waals surface area contributed by atoms with Crippen LogP contribution in [0.3, 0.4) is 0 Å². The quantitative estimate of drug-likeness (QED) is 0.490. The van der Waals surface area contributed by atoms with Crippen LogP contribution in [-0.2, 0) is 30.5 Å². The number of carbonyl (C=O) groups excluding carboxylic acids is 3. The number of hydrogen-bond acceptors (Lipinski definition) is 5. The third-order valence-electron chi connectivity index (χ3n) is 3.35. The zero-order valence-corrected chi connectivity index (χ0v) is 14.0. The predicted octanol–water partition coefficient (Wildman–Crippen LogP) is 2.85. The minimum atomic E-state index is -0.597. The number of ether oxygens (including phenoxy) is 2. The van der Waals surface area contributed by atoms with Crippen molar-refractivity contribution in [2.75, 3.05) is 6.61 Å². The first-order chi connectivity index (χ1) is 10.8. The molecule has 0 bridgehead atoms. The smallest absolute Gasteiger partial charge is 0.313 e. The van der Waals surface area contributed by atoms with Crippen molar-refractivity contribution in [2.24, 2.45) is 0 Å². The molecule has 0 N–H and O–H groups in total. The molecule has 0 heterocycles. The summed E-state index contributed by atoms with van der Waals surface area (Å²) in [6.45, 7) is 5.61. The van der Waals surface area contributed by atoms with E-state index in [4.69, 9.17) is 9.47 Å². The van der Waals surface area contributed by atoms with Crippen molar-refractivity contribution in [3.63, 3.8) is 0 Å². The van der Waals surface area contributed by atoms with E-state index < -0.39 is 17.4 Å². The van der Waals surface area contributed by atoms with E-state index in [1.54, 1.807) is 13.8 Å². The van der Waals surface area contributed by atoms with E-state index in [9.17, 15) is 14.4 Å². The van der Waals surface area contributed by atoms with Gasteiger partial charge in [0.05, 0.1) is 13.0 Å². The fourth-order valence-corrected chi connectivity index (χ4v) is 1.77. The lowest BCUT2D eigenvalue weighted by molar-refractivity contribution is -0.158. The van der Waals surface area contributed by atoms with Crippen LogP contribution in [0.5, 0.6) is 0 Å². The molecule has 0 fully saturated rings. The average Bonchev–Trinajstić information content (AvgIpc) is 2.47. The van der Waals surface area contributed by atoms with Crippen molar-refractivity contribution in [1.29, 1.82) is 0 Å². The Balaban J connectivity index is 2.25. The van der Waals surface area contributed by atoms with Crippen molar-refractivity contribution in [3.05, 3.63) is 35.9 Å². The van der Waals surface area contributed by atoms with E-state index in [1.165, 1.54) is 0 Å². The third-order valence-corrected chi connectivity index (χ3v) is 3.35. The molecule has 0 amide bonds. The molecule has 0 aliphatic rings. The van der Waals surface area contributed by atoms with E-state index in [2.05, 4.69) is 0 Å². The Morgan fingerprint density at radius 2 is 1.65 bits per heavy atom. The number of benzene rings is 1. The van der Waals surface area contributed by atoms with Crippen LogP contribution in [-0.4, -0.2) is 29.7 Å². The first-order valence-electron chi connectivity index (χ1n) is 7.69. The molecule has 1 rings (SSSR count). The number of Topliss-reactive ketones (excluding diaryl/α,β-unsaturated/α-hetero) is 2. The predicted molar refractivity (Wildman–Crippen MR) is 85.8 cm³/mol. The topological polar surface area (TPSA) is 69.7 Å². The van der Waals surface area contributed by atoms with Crippen LogP contribution in [0.1, 0.15) is 45.6 Å². The van der Waals surface area contributed by atoms with Crippen molar-refractivity contribution >= 4 is 17.5 Å². The largest absolute Gasteiger partial charge is 0.459 e. The van der Waals surface area contributed by atoms with Gasteiger partial charge in [0.1, 0.15) is 18.6 Å². The van der Waals surface area contributed by atoms with Crippen LogP contribution in [0.25, 0.3) is 0 Å². The van der Waals surface area contributed by atoms with Gasteiger partial charge in [-0.2, -0.15) is 0 Å². The van der Waals surface area contributed by atoms with Gasteiger partial charge in [0.15, 0.2) is 11.6 Å². The van der Waals surface area contributed by atoms with Gasteiger partial charge in [-0.1, -0.05) is 37.3 Å². The van der Waals surface area contributed by atoms with Crippen molar-refractivity contribution in [1.82, 2.24) is 0 Å². The minimum Gasteiger partial charge on any atom is -0.459 e. The number of hydrogen-bond donors (Lipinski definition) is 0. The lowest BCUT2D eigenvalue weighted by atomic mass is 10.1. The maximum Gasteiger partial charge on any atom is 0.313 e. The van der Waals surface area contributed by atoms with Gasteiger partial charge < -0.3 is 9.47 Å². The number of esters is 1. The number of carbonyl (C=O) groups is 3. The van der Waals surface area contributed by atoms with E-state index in [1.807, 2.05) is 37.3 Å². The second-order valence-electron chi connectivity index (χ2n) is 6.00. The molecule has 0 saturated heterocycles. The van der Waals surface area contributed by atoms with Crippen LogP contribution in [0.4, 0.5) is 0 Å². The molecule has 0 aliphatic heterocycles. The van der Waals surface area contributed by atoms with Crippen molar-refractivity contribution in [2.45, 2.75) is 52.2 Å². The van der Waals surface area contributed by atoms with E-state index in [0.717, 1.165) is 5.56 Å². The molecule has 0 aromatic heterocycles. The maximum atomic E-state index is 11.7. The molecule has 126 valence electrons. The summed E-state index contributed by atoms with van der Waals surface area (Å²) in [7, 11) is 0. The van der Waals surface area contributed by atoms with Crippen LogP contribution >= 0.6 is 0 Å². The molecule has 5 nitrogen and oxygen atoms in total. The Morgan fingerprint density at radius 3 is 2.26 bits per heavy atom. The Morgan fingerprint density at radius 1 is 1.00 bits per heavy atom. The Kier molecular flexibility index (Phi) is 7.62. The summed E-state index contributed by atoms with van der Waals surface area (Å²) in [5.41, 5.74) is 0.359. The van der Waals surface area contributed by atoms with Crippen LogP contribution < -0.4 is 0 Å². The monoisotopic (exact) mass is 320 g/mol. The van der Waals surface area contributed by atoms with Gasteiger partial charge >= 0.3 is 5.97 Å². The van der Waals surface area contributed by atoms with E-state index in [0.29, 0.717) is 13.0 Å². The van der Waals surface area contributed by atoms with E-state index in [-0.39, 0.29) is 25.2 Å². The lowest BCUT2D eigenvalue weighted by Crippen LogP contribution is -2.28. The number of ketones is 2. The van der Waals surface area contributed by atoms with Gasteiger partial charge in [0.2, 0.25) is 0 Å². The van der Waals surface area contributed by atoms with E-state index >= 15 is 0 Å². The summed E-state index contributed by atoms with van der Waals surface area (Å²) in [6.07, 6.45) is -0.0382. The zero-order valence-electron chi connectivity index (χ0n) is 14.0. The van der Waals surface area contributed by atoms with Gasteiger partial charge in [-0.3, -0.25) is 14.4 Å². The summed E-state index contributed by atoms with van der Waals surface area (Å²) in [6, 6.07) is 9.44. The highest BCUT2D eigenvalue weighted by Gasteiger charge is 2.22. The summed E-state index contributed by atoms with van der Waals surface area (Å²) < 4.78 is 10.4. The molecule has 0 unspecified atom stereocenters. The molecule has 1 aromatic carbocycles. The second kappa shape index (κ2) is 9.20. The Labute approximate surface area is 137 Å². The molecule has 5 heteroatoms. The molecule has 1 aromatic rings. The van der Waals surface area contributed by atoms with Crippen molar-refractivity contribution < 1.29 is 23.9 Å². The van der Waals surface area contributed by atoms with Gasteiger partial charge in [0.25, 0.3) is 0 Å².